The van der Waals surface area contributed by atoms with Crippen LogP contribution in [0.1, 0.15) is 5.56 Å². The zero-order valence-corrected chi connectivity index (χ0v) is 12.0. The van der Waals surface area contributed by atoms with E-state index in [1.165, 1.54) is 12.1 Å². The molecule has 0 atom stereocenters. The van der Waals surface area contributed by atoms with Gasteiger partial charge in [0.15, 0.2) is 0 Å². The first kappa shape index (κ1) is 14.0. The Morgan fingerprint density at radius 1 is 1.16 bits per heavy atom. The number of rotatable bonds is 2. The van der Waals surface area contributed by atoms with Gasteiger partial charge < -0.3 is 0 Å². The number of aryl methyl sites for hydroxylation is 1. The summed E-state index contributed by atoms with van der Waals surface area (Å²) in [6, 6.07) is 6.02. The van der Waals surface area contributed by atoms with Crippen molar-refractivity contribution < 1.29 is 8.42 Å². The molecule has 0 bridgehead atoms. The number of hydrogen-bond donors (Lipinski definition) is 0. The van der Waals surface area contributed by atoms with Gasteiger partial charge in [0.25, 0.3) is 10.0 Å². The number of benzene rings is 1. The molecular formula is C11H8Cl2N2O3S. The topological polar surface area (TPSA) is 69.0 Å². The smallest absolute Gasteiger partial charge is 0.265 e. The molecular weight excluding hydrogens is 311 g/mol. The summed E-state index contributed by atoms with van der Waals surface area (Å²) in [5, 5.41) is 3.03. The van der Waals surface area contributed by atoms with E-state index in [0.29, 0.717) is 4.09 Å². The quantitative estimate of drug-likeness (QED) is 0.850. The number of aromatic nitrogens is 2. The van der Waals surface area contributed by atoms with Crippen LogP contribution in [0.4, 0.5) is 0 Å². The van der Waals surface area contributed by atoms with E-state index in [1.807, 2.05) is 6.92 Å². The fourth-order valence-electron chi connectivity index (χ4n) is 1.38. The molecule has 1 heterocycles. The molecule has 1 aromatic carbocycles. The lowest BCUT2D eigenvalue weighted by molar-refractivity contribution is 0.575. The van der Waals surface area contributed by atoms with Crippen LogP contribution in [-0.4, -0.2) is 17.6 Å². The van der Waals surface area contributed by atoms with Crippen molar-refractivity contribution in [1.29, 1.82) is 0 Å². The summed E-state index contributed by atoms with van der Waals surface area (Å²) in [5.41, 5.74) is -0.0804. The van der Waals surface area contributed by atoms with Crippen molar-refractivity contribution in [2.24, 2.45) is 0 Å². The minimum Gasteiger partial charge on any atom is -0.265 e. The molecule has 0 spiro atoms. The highest BCUT2D eigenvalue weighted by Crippen LogP contribution is 2.17. The summed E-state index contributed by atoms with van der Waals surface area (Å²) in [5.74, 6) is 0. The molecule has 0 saturated heterocycles. The Bertz CT molecular complexity index is 783. The van der Waals surface area contributed by atoms with Gasteiger partial charge in [-0.3, -0.25) is 4.79 Å². The van der Waals surface area contributed by atoms with Crippen LogP contribution in [0.15, 0.2) is 40.2 Å². The molecule has 0 saturated carbocycles. The molecule has 0 amide bonds. The summed E-state index contributed by atoms with van der Waals surface area (Å²) in [6.45, 7) is 1.82. The molecule has 0 aliphatic heterocycles. The van der Waals surface area contributed by atoms with E-state index in [0.717, 1.165) is 11.8 Å². The van der Waals surface area contributed by atoms with E-state index in [-0.39, 0.29) is 14.9 Å². The van der Waals surface area contributed by atoms with Crippen LogP contribution in [0, 0.1) is 6.92 Å². The molecule has 0 unspecified atom stereocenters. The van der Waals surface area contributed by atoms with Gasteiger partial charge >= 0.3 is 5.56 Å². The van der Waals surface area contributed by atoms with Crippen LogP contribution in [0.2, 0.25) is 10.0 Å². The van der Waals surface area contributed by atoms with Gasteiger partial charge in [0.05, 0.1) is 16.1 Å². The Kier molecular flexibility index (Phi) is 3.66. The maximum Gasteiger partial charge on any atom is 0.301 e. The highest BCUT2D eigenvalue weighted by atomic mass is 35.5. The molecule has 19 heavy (non-hydrogen) atoms. The van der Waals surface area contributed by atoms with Crippen LogP contribution in [0.5, 0.6) is 0 Å². The average Bonchev–Trinajstić information content (AvgIpc) is 2.36. The first-order valence-corrected chi connectivity index (χ1v) is 7.29. The SMILES string of the molecule is Cc1ccc(S(=O)(=O)n2ncc(Cl)c(Cl)c2=O)cc1. The minimum absolute atomic E-state index is 0.0499. The summed E-state index contributed by atoms with van der Waals surface area (Å²) in [7, 11) is -4.08. The van der Waals surface area contributed by atoms with Gasteiger partial charge in [-0.15, -0.1) is 4.09 Å². The molecule has 0 N–H and O–H groups in total. The Hall–Kier alpha value is -1.37. The first-order valence-electron chi connectivity index (χ1n) is 5.09. The normalized spacial score (nSPS) is 11.5. The first-order chi connectivity index (χ1) is 8.84. The molecule has 0 aliphatic rings. The van der Waals surface area contributed by atoms with Crippen LogP contribution in [-0.2, 0) is 10.0 Å². The molecule has 1 aromatic heterocycles. The van der Waals surface area contributed by atoms with Crippen molar-refractivity contribution in [3.05, 3.63) is 56.4 Å². The fourth-order valence-corrected chi connectivity index (χ4v) is 2.84. The van der Waals surface area contributed by atoms with Crippen LogP contribution in [0.25, 0.3) is 0 Å². The summed E-state index contributed by atoms with van der Waals surface area (Å²) >= 11 is 11.2. The predicted molar refractivity (Wildman–Crippen MR) is 72.3 cm³/mol. The molecule has 0 radical (unpaired) electrons. The molecule has 0 aliphatic carbocycles. The van der Waals surface area contributed by atoms with Crippen molar-refractivity contribution >= 4 is 33.2 Å². The molecule has 2 aromatic rings. The zero-order chi connectivity index (χ0) is 14.2. The largest absolute Gasteiger partial charge is 0.301 e. The average molecular weight is 319 g/mol. The maximum absolute atomic E-state index is 12.2. The third-order valence-electron chi connectivity index (χ3n) is 2.39. The Morgan fingerprint density at radius 2 is 1.74 bits per heavy atom. The van der Waals surface area contributed by atoms with E-state index in [2.05, 4.69) is 5.10 Å². The molecule has 0 fully saturated rings. The Balaban J connectivity index is 2.67. The summed E-state index contributed by atoms with van der Waals surface area (Å²) < 4.78 is 24.8. The van der Waals surface area contributed by atoms with Gasteiger partial charge in [-0.1, -0.05) is 40.9 Å². The van der Waals surface area contributed by atoms with Crippen molar-refractivity contribution in [2.75, 3.05) is 0 Å². The summed E-state index contributed by atoms with van der Waals surface area (Å²) in [6.07, 6.45) is 1.01. The van der Waals surface area contributed by atoms with Crippen molar-refractivity contribution in [1.82, 2.24) is 9.19 Å². The van der Waals surface area contributed by atoms with E-state index < -0.39 is 15.6 Å². The van der Waals surface area contributed by atoms with Gasteiger partial charge in [0, 0.05) is 0 Å². The maximum atomic E-state index is 12.2. The molecule has 5 nitrogen and oxygen atoms in total. The van der Waals surface area contributed by atoms with E-state index in [9.17, 15) is 13.2 Å². The predicted octanol–water partition coefficient (Wildman–Crippen LogP) is 2.10. The van der Waals surface area contributed by atoms with Gasteiger partial charge in [-0.25, -0.2) is 0 Å². The van der Waals surface area contributed by atoms with Gasteiger partial charge in [-0.2, -0.15) is 13.5 Å². The second-order valence-electron chi connectivity index (χ2n) is 3.77. The lowest BCUT2D eigenvalue weighted by Gasteiger charge is -2.07. The van der Waals surface area contributed by atoms with Gasteiger partial charge in [0.2, 0.25) is 0 Å². The number of halogens is 2. The van der Waals surface area contributed by atoms with E-state index in [1.54, 1.807) is 12.1 Å². The highest BCUT2D eigenvalue weighted by molar-refractivity contribution is 7.89. The third-order valence-corrected chi connectivity index (χ3v) is 4.73. The standard InChI is InChI=1S/C11H8Cl2N2O3S/c1-7-2-4-8(5-3-7)19(17,18)15-11(16)10(13)9(12)6-14-15/h2-6H,1H3. The fraction of sp³-hybridized carbons (Fsp3) is 0.0909. The van der Waals surface area contributed by atoms with Gasteiger partial charge in [-0.05, 0) is 19.1 Å². The van der Waals surface area contributed by atoms with Gasteiger partial charge in [0.1, 0.15) is 5.02 Å². The van der Waals surface area contributed by atoms with Crippen molar-refractivity contribution in [3.63, 3.8) is 0 Å². The molecule has 2 rings (SSSR count). The van der Waals surface area contributed by atoms with Crippen LogP contribution < -0.4 is 5.56 Å². The van der Waals surface area contributed by atoms with Crippen LogP contribution >= 0.6 is 23.2 Å². The number of hydrogen-bond acceptors (Lipinski definition) is 4. The Morgan fingerprint density at radius 3 is 2.32 bits per heavy atom. The number of nitrogens with zero attached hydrogens (tertiary/aromatic N) is 2. The zero-order valence-electron chi connectivity index (χ0n) is 9.67. The van der Waals surface area contributed by atoms with Crippen molar-refractivity contribution in [2.45, 2.75) is 11.8 Å². The second-order valence-corrected chi connectivity index (χ2v) is 6.33. The lowest BCUT2D eigenvalue weighted by Crippen LogP contribution is -2.30. The monoisotopic (exact) mass is 318 g/mol. The lowest BCUT2D eigenvalue weighted by atomic mass is 10.2. The second kappa shape index (κ2) is 4.96. The highest BCUT2D eigenvalue weighted by Gasteiger charge is 2.21. The summed E-state index contributed by atoms with van der Waals surface area (Å²) in [4.78, 5) is 11.7. The van der Waals surface area contributed by atoms with E-state index in [4.69, 9.17) is 23.2 Å². The molecule has 8 heteroatoms. The molecule has 100 valence electrons. The Labute approximate surface area is 119 Å². The van der Waals surface area contributed by atoms with Crippen molar-refractivity contribution in [3.8, 4) is 0 Å². The third kappa shape index (κ3) is 2.51. The van der Waals surface area contributed by atoms with Crippen LogP contribution in [0.3, 0.4) is 0 Å². The van der Waals surface area contributed by atoms with E-state index >= 15 is 0 Å². The minimum atomic E-state index is -4.08.